The molecule has 0 bridgehead atoms. The van der Waals surface area contributed by atoms with Crippen LogP contribution in [0.25, 0.3) is 0 Å². The van der Waals surface area contributed by atoms with E-state index in [1.54, 1.807) is 24.3 Å². The van der Waals surface area contributed by atoms with Gasteiger partial charge in [-0.3, -0.25) is 9.59 Å². The molecular weight excluding hydrogens is 390 g/mol. The van der Waals surface area contributed by atoms with Gasteiger partial charge in [0.1, 0.15) is 6.10 Å². The van der Waals surface area contributed by atoms with Gasteiger partial charge in [-0.1, -0.05) is 44.9 Å². The number of fused-ring (bicyclic) bond motifs is 1. The van der Waals surface area contributed by atoms with Crippen LogP contribution >= 0.6 is 0 Å². The largest absolute Gasteiger partial charge is 0.458 e. The summed E-state index contributed by atoms with van der Waals surface area (Å²) in [4.78, 5) is 39.9. The Bertz CT molecular complexity index is 1020. The van der Waals surface area contributed by atoms with Crippen molar-refractivity contribution in [1.29, 1.82) is 0 Å². The Morgan fingerprint density at radius 1 is 1.00 bits per heavy atom. The van der Waals surface area contributed by atoms with Crippen LogP contribution in [0.15, 0.2) is 42.5 Å². The molecule has 0 N–H and O–H groups in total. The first-order valence-electron chi connectivity index (χ1n) is 11.1. The highest BCUT2D eigenvalue weighted by molar-refractivity contribution is 6.34. The molecule has 1 saturated carbocycles. The van der Waals surface area contributed by atoms with Crippen molar-refractivity contribution in [3.63, 3.8) is 0 Å². The van der Waals surface area contributed by atoms with Crippen LogP contribution in [0.5, 0.6) is 0 Å². The second-order valence-electron chi connectivity index (χ2n) is 9.31. The van der Waals surface area contributed by atoms with Gasteiger partial charge in [0.15, 0.2) is 0 Å². The summed E-state index contributed by atoms with van der Waals surface area (Å²) in [5.74, 6) is 0.0914. The highest BCUT2D eigenvalue weighted by Crippen LogP contribution is 2.36. The summed E-state index contributed by atoms with van der Waals surface area (Å²) in [7, 11) is 0. The van der Waals surface area contributed by atoms with Crippen LogP contribution in [-0.2, 0) is 4.74 Å². The molecular formula is C26H29NO4. The third-order valence-corrected chi connectivity index (χ3v) is 6.63. The van der Waals surface area contributed by atoms with E-state index >= 15 is 0 Å². The standard InChI is InChI=1S/C26H29NO4/c1-15(2)20-11-7-17(4)13-23(20)31-26(30)18-8-12-21-22(14-18)25(29)27(24(21)28)19-9-5-16(3)6-10-19/h5-6,8-10,12,14-15,17,20,23H,7,11,13H2,1-4H3/t17-,20-,23+/m1/s1. The van der Waals surface area contributed by atoms with E-state index in [2.05, 4.69) is 20.8 Å². The molecule has 0 saturated heterocycles. The second-order valence-corrected chi connectivity index (χ2v) is 9.31. The fraction of sp³-hybridized carbons (Fsp3) is 0.423. The lowest BCUT2D eigenvalue weighted by atomic mass is 9.75. The van der Waals surface area contributed by atoms with Crippen molar-refractivity contribution in [2.45, 2.75) is 53.1 Å². The van der Waals surface area contributed by atoms with Gasteiger partial charge in [-0.25, -0.2) is 9.69 Å². The molecule has 2 aliphatic rings. The van der Waals surface area contributed by atoms with Crippen molar-refractivity contribution in [2.75, 3.05) is 4.90 Å². The van der Waals surface area contributed by atoms with E-state index in [9.17, 15) is 14.4 Å². The van der Waals surface area contributed by atoms with E-state index < -0.39 is 11.9 Å². The minimum atomic E-state index is -0.429. The molecule has 0 radical (unpaired) electrons. The minimum Gasteiger partial charge on any atom is -0.458 e. The third kappa shape index (κ3) is 4.01. The first-order chi connectivity index (χ1) is 14.8. The normalized spacial score (nSPS) is 23.3. The predicted molar refractivity (Wildman–Crippen MR) is 119 cm³/mol. The number of nitrogens with zero attached hydrogens (tertiary/aromatic N) is 1. The third-order valence-electron chi connectivity index (χ3n) is 6.63. The van der Waals surface area contributed by atoms with Crippen molar-refractivity contribution >= 4 is 23.5 Å². The van der Waals surface area contributed by atoms with E-state index in [0.717, 1.165) is 29.7 Å². The van der Waals surface area contributed by atoms with E-state index in [4.69, 9.17) is 4.74 Å². The summed E-state index contributed by atoms with van der Waals surface area (Å²) >= 11 is 0. The van der Waals surface area contributed by atoms with Gasteiger partial charge in [-0.2, -0.15) is 0 Å². The predicted octanol–water partition coefficient (Wildman–Crippen LogP) is 5.41. The lowest BCUT2D eigenvalue weighted by molar-refractivity contribution is -0.0174. The Kier molecular flexibility index (Phi) is 5.69. The topological polar surface area (TPSA) is 63.7 Å². The van der Waals surface area contributed by atoms with Crippen LogP contribution in [0, 0.1) is 24.7 Å². The molecule has 2 aromatic rings. The number of imide groups is 1. The molecule has 2 amide bonds. The van der Waals surface area contributed by atoms with Crippen molar-refractivity contribution < 1.29 is 19.1 Å². The maximum atomic E-state index is 13.0. The number of anilines is 1. The van der Waals surface area contributed by atoms with Gasteiger partial charge in [0.05, 0.1) is 22.4 Å². The number of esters is 1. The summed E-state index contributed by atoms with van der Waals surface area (Å²) in [5.41, 5.74) is 2.44. The average Bonchev–Trinajstić information content (AvgIpc) is 2.98. The van der Waals surface area contributed by atoms with Crippen molar-refractivity contribution in [2.24, 2.45) is 17.8 Å². The Balaban J connectivity index is 1.57. The number of aryl methyl sites for hydroxylation is 1. The highest BCUT2D eigenvalue weighted by atomic mass is 16.5. The number of carbonyl (C=O) groups excluding carboxylic acids is 3. The minimum absolute atomic E-state index is 0.120. The highest BCUT2D eigenvalue weighted by Gasteiger charge is 2.38. The lowest BCUT2D eigenvalue weighted by Gasteiger charge is -2.36. The van der Waals surface area contributed by atoms with E-state index in [1.165, 1.54) is 6.07 Å². The molecule has 3 atom stereocenters. The molecule has 1 aliphatic carbocycles. The molecule has 0 spiro atoms. The van der Waals surface area contributed by atoms with Crippen molar-refractivity contribution in [3.05, 3.63) is 64.7 Å². The zero-order valence-corrected chi connectivity index (χ0v) is 18.6. The average molecular weight is 420 g/mol. The first kappa shape index (κ1) is 21.3. The quantitative estimate of drug-likeness (QED) is 0.491. The molecule has 5 nitrogen and oxygen atoms in total. The molecule has 0 aromatic heterocycles. The number of hydrogen-bond donors (Lipinski definition) is 0. The molecule has 2 aromatic carbocycles. The van der Waals surface area contributed by atoms with Crippen molar-refractivity contribution in [3.8, 4) is 0 Å². The SMILES string of the molecule is Cc1ccc(N2C(=O)c3ccc(C(=O)O[C@H]4C[C@H](C)CC[C@@H]4C(C)C)cc3C2=O)cc1. The van der Waals surface area contributed by atoms with E-state index in [1.807, 2.05) is 19.1 Å². The fourth-order valence-electron chi connectivity index (χ4n) is 4.75. The van der Waals surface area contributed by atoms with Gasteiger partial charge in [0.25, 0.3) is 11.8 Å². The summed E-state index contributed by atoms with van der Waals surface area (Å²) in [5, 5.41) is 0. The monoisotopic (exact) mass is 419 g/mol. The number of amides is 2. The molecule has 1 heterocycles. The van der Waals surface area contributed by atoms with Crippen LogP contribution < -0.4 is 4.90 Å². The summed E-state index contributed by atoms with van der Waals surface area (Å²) in [6, 6.07) is 11.9. The van der Waals surface area contributed by atoms with Gasteiger partial charge >= 0.3 is 5.97 Å². The van der Waals surface area contributed by atoms with E-state index in [-0.39, 0.29) is 17.6 Å². The van der Waals surface area contributed by atoms with Crippen molar-refractivity contribution in [1.82, 2.24) is 0 Å². The molecule has 5 heteroatoms. The first-order valence-corrected chi connectivity index (χ1v) is 11.1. The van der Waals surface area contributed by atoms with Crippen LogP contribution in [0.3, 0.4) is 0 Å². The molecule has 4 rings (SSSR count). The molecule has 31 heavy (non-hydrogen) atoms. The van der Waals surface area contributed by atoms with Crippen LogP contribution in [0.4, 0.5) is 5.69 Å². The number of ether oxygens (including phenoxy) is 1. The Morgan fingerprint density at radius 3 is 2.35 bits per heavy atom. The number of carbonyl (C=O) groups is 3. The van der Waals surface area contributed by atoms with Gasteiger partial charge in [-0.15, -0.1) is 0 Å². The molecule has 1 fully saturated rings. The smallest absolute Gasteiger partial charge is 0.338 e. The number of benzene rings is 2. The Morgan fingerprint density at radius 2 is 1.68 bits per heavy atom. The zero-order chi connectivity index (χ0) is 22.3. The van der Waals surface area contributed by atoms with Crippen LogP contribution in [-0.4, -0.2) is 23.9 Å². The van der Waals surface area contributed by atoms with E-state index in [0.29, 0.717) is 34.6 Å². The summed E-state index contributed by atoms with van der Waals surface area (Å²) in [6.45, 7) is 8.47. The Hall–Kier alpha value is -2.95. The Labute approximate surface area is 183 Å². The zero-order valence-electron chi connectivity index (χ0n) is 18.6. The fourth-order valence-corrected chi connectivity index (χ4v) is 4.75. The van der Waals surface area contributed by atoms with Gasteiger partial charge in [0.2, 0.25) is 0 Å². The molecule has 162 valence electrons. The van der Waals surface area contributed by atoms with Gasteiger partial charge in [0, 0.05) is 0 Å². The maximum absolute atomic E-state index is 13.0. The van der Waals surface area contributed by atoms with Gasteiger partial charge in [-0.05, 0) is 67.9 Å². The maximum Gasteiger partial charge on any atom is 0.338 e. The number of hydrogen-bond acceptors (Lipinski definition) is 4. The molecule has 0 unspecified atom stereocenters. The number of rotatable bonds is 4. The summed E-state index contributed by atoms with van der Waals surface area (Å²) < 4.78 is 5.92. The molecule has 1 aliphatic heterocycles. The second kappa shape index (κ2) is 8.29. The van der Waals surface area contributed by atoms with Crippen LogP contribution in [0.2, 0.25) is 0 Å². The van der Waals surface area contributed by atoms with Crippen LogP contribution in [0.1, 0.15) is 76.7 Å². The summed E-state index contributed by atoms with van der Waals surface area (Å²) in [6.07, 6.45) is 2.95. The van der Waals surface area contributed by atoms with Gasteiger partial charge < -0.3 is 4.74 Å². The lowest BCUT2D eigenvalue weighted by Crippen LogP contribution is -2.35.